The molecular weight excluding hydrogens is 544 g/mol. The minimum absolute atomic E-state index is 0.361. The molecule has 2 aliphatic rings. The molecule has 2 saturated heterocycles. The molecule has 6 heterocycles. The maximum atomic E-state index is 10.4. The molecule has 0 aromatic carbocycles. The highest BCUT2D eigenvalue weighted by Crippen LogP contribution is 2.41. The summed E-state index contributed by atoms with van der Waals surface area (Å²) in [5.74, 6) is 0. The molecule has 18 heteroatoms. The average molecular weight is 567 g/mol. The Balaban J connectivity index is 1.25. The molecule has 0 radical (unpaired) electrons. The minimum atomic E-state index is -1.29. The third kappa shape index (κ3) is 4.13. The van der Waals surface area contributed by atoms with Crippen molar-refractivity contribution in [1.29, 1.82) is 0 Å². The van der Waals surface area contributed by atoms with E-state index in [0.29, 0.717) is 32.4 Å². The number of aromatic nitrogens is 8. The van der Waals surface area contributed by atoms with Gasteiger partial charge in [0.2, 0.25) is 0 Å². The van der Waals surface area contributed by atoms with Crippen LogP contribution in [0.4, 0.5) is 0 Å². The first-order valence-corrected chi connectivity index (χ1v) is 13.5. The van der Waals surface area contributed by atoms with Gasteiger partial charge in [0.1, 0.15) is 70.4 Å². The van der Waals surface area contributed by atoms with Crippen molar-refractivity contribution >= 4 is 43.9 Å². The van der Waals surface area contributed by atoms with Crippen LogP contribution in [-0.4, -0.2) is 120 Å². The quantitative estimate of drug-likeness (QED) is 0.105. The van der Waals surface area contributed by atoms with Gasteiger partial charge in [0, 0.05) is 0 Å². The Morgan fingerprint density at radius 2 is 1.05 bits per heavy atom. The maximum Gasteiger partial charge on any atom is 0.166 e. The molecule has 16 nitrogen and oxygen atoms in total. The Bertz CT molecular complexity index is 1350. The van der Waals surface area contributed by atoms with Crippen LogP contribution in [0.3, 0.4) is 0 Å². The first-order chi connectivity index (χ1) is 18.4. The van der Waals surface area contributed by atoms with Gasteiger partial charge in [0.25, 0.3) is 0 Å². The van der Waals surface area contributed by atoms with E-state index in [1.807, 2.05) is 0 Å². The Kier molecular flexibility index (Phi) is 6.93. The number of imidazole rings is 2. The smallest absolute Gasteiger partial charge is 0.166 e. The Labute approximate surface area is 220 Å². The summed E-state index contributed by atoms with van der Waals surface area (Å²) in [6.45, 7) is -0.905. The van der Waals surface area contributed by atoms with Crippen molar-refractivity contribution in [2.75, 3.05) is 13.2 Å². The average Bonchev–Trinajstić information content (AvgIpc) is 3.69. The number of hydrogen-bond acceptors (Lipinski definition) is 16. The molecule has 2 aliphatic heterocycles. The topological polar surface area (TPSA) is 227 Å². The molecule has 4 aromatic rings. The molecule has 2 fully saturated rings. The van der Waals surface area contributed by atoms with Crippen LogP contribution in [0, 0.1) is 0 Å². The number of rotatable bonds is 7. The molecule has 0 amide bonds. The molecule has 0 aliphatic carbocycles. The van der Waals surface area contributed by atoms with Gasteiger partial charge in [-0.1, -0.05) is 0 Å². The van der Waals surface area contributed by atoms with Gasteiger partial charge < -0.3 is 40.1 Å². The van der Waals surface area contributed by atoms with Crippen LogP contribution in [0.2, 0.25) is 0 Å². The fourth-order valence-corrected chi connectivity index (χ4v) is 6.44. The lowest BCUT2D eigenvalue weighted by Gasteiger charge is -2.16. The molecule has 38 heavy (non-hydrogen) atoms. The Morgan fingerprint density at radius 3 is 1.42 bits per heavy atom. The van der Waals surface area contributed by atoms with Crippen LogP contribution >= 0.6 is 21.6 Å². The standard InChI is InChI=1S/C20H22N8O8S2/c29-1-7-11(31)13(33)19(35-7)27-5-25-9-15(27)21-3-23-17(9)37-38-18-10-16(22-4-24-18)28(6-26-10)20-14(34)12(32)8(2-30)36-20/h3-8,11-14,19-20,29-34H,1-2H2. The van der Waals surface area contributed by atoms with Crippen molar-refractivity contribution in [3.8, 4) is 0 Å². The predicted molar refractivity (Wildman–Crippen MR) is 128 cm³/mol. The van der Waals surface area contributed by atoms with Crippen LogP contribution in [0.15, 0.2) is 35.4 Å². The number of aliphatic hydroxyl groups is 6. The van der Waals surface area contributed by atoms with Crippen LogP contribution in [-0.2, 0) is 9.47 Å². The molecule has 8 atom stereocenters. The zero-order valence-electron chi connectivity index (χ0n) is 19.2. The van der Waals surface area contributed by atoms with Crippen molar-refractivity contribution in [2.45, 2.75) is 59.1 Å². The van der Waals surface area contributed by atoms with E-state index in [0.717, 1.165) is 0 Å². The van der Waals surface area contributed by atoms with E-state index in [1.54, 1.807) is 0 Å². The largest absolute Gasteiger partial charge is 0.394 e. The lowest BCUT2D eigenvalue weighted by atomic mass is 10.1. The molecule has 0 spiro atoms. The number of nitrogens with zero attached hydrogens (tertiary/aromatic N) is 8. The fraction of sp³-hybridized carbons (Fsp3) is 0.500. The second-order valence-corrected chi connectivity index (χ2v) is 10.7. The molecule has 4 aromatic heterocycles. The van der Waals surface area contributed by atoms with Gasteiger partial charge in [-0.15, -0.1) is 0 Å². The van der Waals surface area contributed by atoms with Crippen molar-refractivity contribution in [3.05, 3.63) is 25.3 Å². The van der Waals surface area contributed by atoms with Gasteiger partial charge in [-0.3, -0.25) is 9.13 Å². The van der Waals surface area contributed by atoms with Gasteiger partial charge >= 0.3 is 0 Å². The molecule has 202 valence electrons. The number of aliphatic hydroxyl groups excluding tert-OH is 6. The van der Waals surface area contributed by atoms with Crippen LogP contribution in [0.1, 0.15) is 12.5 Å². The van der Waals surface area contributed by atoms with Gasteiger partial charge in [-0.2, -0.15) is 0 Å². The second kappa shape index (κ2) is 10.2. The lowest BCUT2D eigenvalue weighted by molar-refractivity contribution is -0.0511. The summed E-state index contributed by atoms with van der Waals surface area (Å²) >= 11 is 0. The van der Waals surface area contributed by atoms with Gasteiger partial charge in [0.15, 0.2) is 23.8 Å². The molecule has 0 bridgehead atoms. The molecule has 8 unspecified atom stereocenters. The highest BCUT2D eigenvalue weighted by atomic mass is 33.1. The van der Waals surface area contributed by atoms with E-state index in [2.05, 4.69) is 29.9 Å². The van der Waals surface area contributed by atoms with E-state index < -0.39 is 62.3 Å². The third-order valence-electron chi connectivity index (χ3n) is 6.43. The third-order valence-corrected chi connectivity index (χ3v) is 8.63. The summed E-state index contributed by atoms with van der Waals surface area (Å²) < 4.78 is 14.1. The summed E-state index contributed by atoms with van der Waals surface area (Å²) in [4.78, 5) is 25.8. The van der Waals surface area contributed by atoms with Crippen molar-refractivity contribution < 1.29 is 40.1 Å². The van der Waals surface area contributed by atoms with E-state index in [1.165, 1.54) is 56.0 Å². The Morgan fingerprint density at radius 1 is 0.632 bits per heavy atom. The first kappa shape index (κ1) is 25.7. The van der Waals surface area contributed by atoms with Gasteiger partial charge in [-0.25, -0.2) is 29.9 Å². The SMILES string of the molecule is OCC1OC(n2cnc3c(SSc4ncnc5c4ncn5C4OC(CO)C(O)C4O)ncnc32)C(O)C1O. The van der Waals surface area contributed by atoms with Crippen LogP contribution in [0.5, 0.6) is 0 Å². The minimum Gasteiger partial charge on any atom is -0.394 e. The van der Waals surface area contributed by atoms with Crippen LogP contribution < -0.4 is 0 Å². The highest BCUT2D eigenvalue weighted by molar-refractivity contribution is 8.76. The van der Waals surface area contributed by atoms with E-state index >= 15 is 0 Å². The molecule has 6 rings (SSSR count). The Hall–Kier alpha value is -2.52. The van der Waals surface area contributed by atoms with Crippen molar-refractivity contribution in [2.24, 2.45) is 0 Å². The maximum absolute atomic E-state index is 10.4. The van der Waals surface area contributed by atoms with E-state index in [-0.39, 0.29) is 0 Å². The number of hydrogen-bond donors (Lipinski definition) is 6. The summed E-state index contributed by atoms with van der Waals surface area (Å²) in [5, 5.41) is 60.7. The molecular formula is C20H22N8O8S2. The van der Waals surface area contributed by atoms with E-state index in [4.69, 9.17) is 9.47 Å². The zero-order valence-corrected chi connectivity index (χ0v) is 20.9. The first-order valence-electron chi connectivity index (χ1n) is 11.4. The molecule has 6 N–H and O–H groups in total. The predicted octanol–water partition coefficient (Wildman–Crippen LogP) is -2.01. The van der Waals surface area contributed by atoms with Gasteiger partial charge in [-0.05, 0) is 21.6 Å². The second-order valence-electron chi connectivity index (χ2n) is 8.63. The van der Waals surface area contributed by atoms with Crippen molar-refractivity contribution in [3.63, 3.8) is 0 Å². The summed E-state index contributed by atoms with van der Waals surface area (Å²) in [6, 6.07) is 0. The fourth-order valence-electron chi connectivity index (χ4n) is 4.45. The van der Waals surface area contributed by atoms with E-state index in [9.17, 15) is 30.6 Å². The summed E-state index contributed by atoms with van der Waals surface area (Å²) in [6.07, 6.45) is -3.46. The molecule has 0 saturated carbocycles. The summed E-state index contributed by atoms with van der Waals surface area (Å²) in [7, 11) is 2.46. The zero-order chi connectivity index (χ0) is 26.6. The lowest BCUT2D eigenvalue weighted by Crippen LogP contribution is -2.33. The van der Waals surface area contributed by atoms with Gasteiger partial charge in [0.05, 0.1) is 25.9 Å². The normalized spacial score (nSPS) is 31.6. The summed E-state index contributed by atoms with van der Waals surface area (Å²) in [5.41, 5.74) is 1.56. The highest BCUT2D eigenvalue weighted by Gasteiger charge is 2.45. The van der Waals surface area contributed by atoms with Crippen molar-refractivity contribution in [1.82, 2.24) is 39.0 Å². The number of fused-ring (bicyclic) bond motifs is 2. The monoisotopic (exact) mass is 566 g/mol. The number of ether oxygens (including phenoxy) is 2. The van der Waals surface area contributed by atoms with Crippen LogP contribution in [0.25, 0.3) is 22.3 Å².